The largest absolute Gasteiger partial charge is 0.339 e. The van der Waals surface area contributed by atoms with E-state index in [-0.39, 0.29) is 5.56 Å². The van der Waals surface area contributed by atoms with Crippen molar-refractivity contribution in [3.05, 3.63) is 35.9 Å². The van der Waals surface area contributed by atoms with Crippen molar-refractivity contribution >= 4 is 10.2 Å². The monoisotopic (exact) mass is 192 g/mol. The molecule has 1 unspecified atom stereocenters. The number of hydrogen-bond acceptors (Lipinski definition) is 2. The molecule has 0 bridgehead atoms. The summed E-state index contributed by atoms with van der Waals surface area (Å²) in [5.74, 6) is 0. The minimum absolute atomic E-state index is 0.194. The average molecular weight is 192 g/mol. The molecule has 12 heavy (non-hydrogen) atoms. The lowest BCUT2D eigenvalue weighted by molar-refractivity contribution is 0.410. The highest BCUT2D eigenvalue weighted by Crippen LogP contribution is 2.24. The van der Waals surface area contributed by atoms with Crippen LogP contribution in [0.5, 0.6) is 0 Å². The number of rotatable bonds is 2. The van der Waals surface area contributed by atoms with Gasteiger partial charge in [0.2, 0.25) is 0 Å². The van der Waals surface area contributed by atoms with Gasteiger partial charge in [0.1, 0.15) is 0 Å². The van der Waals surface area contributed by atoms with Crippen molar-refractivity contribution in [2.24, 2.45) is 0 Å². The van der Waals surface area contributed by atoms with Crippen molar-refractivity contribution in [3.63, 3.8) is 0 Å². The maximum absolute atomic E-state index is 12.7. The zero-order valence-electron chi connectivity index (χ0n) is 5.94. The van der Waals surface area contributed by atoms with Gasteiger partial charge in [0.25, 0.3) is 5.50 Å². The summed E-state index contributed by atoms with van der Waals surface area (Å²) in [4.78, 5) is 0. The van der Waals surface area contributed by atoms with Crippen LogP contribution in [0.25, 0.3) is 0 Å². The Balaban J connectivity index is 3.02. The smallest absolute Gasteiger partial charge is 0.222 e. The predicted molar refractivity (Wildman–Crippen MR) is 40.3 cm³/mol. The van der Waals surface area contributed by atoms with Gasteiger partial charge in [-0.05, 0) is 0 Å². The number of halogens is 2. The second-order valence-electron chi connectivity index (χ2n) is 2.20. The molecule has 0 amide bonds. The first-order chi connectivity index (χ1) is 5.52. The second-order valence-corrected chi connectivity index (χ2v) is 3.57. The standard InChI is InChI=1S/C7H6F2O2S/c8-7(12(9,10)11)6-4-2-1-3-5-6/h1-5,7H. The molecule has 0 aliphatic heterocycles. The van der Waals surface area contributed by atoms with E-state index in [0.29, 0.717) is 0 Å². The Morgan fingerprint density at radius 3 is 2.08 bits per heavy atom. The molecule has 66 valence electrons. The molecule has 1 atom stereocenters. The van der Waals surface area contributed by atoms with Crippen LogP contribution in [0.15, 0.2) is 30.3 Å². The summed E-state index contributed by atoms with van der Waals surface area (Å²) in [6.07, 6.45) is 0. The minimum atomic E-state index is -5.12. The van der Waals surface area contributed by atoms with Crippen LogP contribution in [0.3, 0.4) is 0 Å². The van der Waals surface area contributed by atoms with Crippen LogP contribution in [0.2, 0.25) is 0 Å². The zero-order valence-corrected chi connectivity index (χ0v) is 6.76. The van der Waals surface area contributed by atoms with E-state index in [0.717, 1.165) is 0 Å². The van der Waals surface area contributed by atoms with E-state index in [4.69, 9.17) is 0 Å². The zero-order chi connectivity index (χ0) is 9.19. The van der Waals surface area contributed by atoms with Crippen LogP contribution in [0.1, 0.15) is 11.1 Å². The minimum Gasteiger partial charge on any atom is -0.222 e. The van der Waals surface area contributed by atoms with Gasteiger partial charge in [-0.2, -0.15) is 8.42 Å². The van der Waals surface area contributed by atoms with Gasteiger partial charge in [0.15, 0.2) is 0 Å². The molecule has 0 aliphatic rings. The second kappa shape index (κ2) is 3.18. The van der Waals surface area contributed by atoms with E-state index >= 15 is 0 Å². The van der Waals surface area contributed by atoms with E-state index in [2.05, 4.69) is 0 Å². The van der Waals surface area contributed by atoms with Gasteiger partial charge in [-0.15, -0.1) is 3.89 Å². The molecule has 0 aliphatic carbocycles. The quantitative estimate of drug-likeness (QED) is 0.671. The topological polar surface area (TPSA) is 34.1 Å². The van der Waals surface area contributed by atoms with E-state index in [1.165, 1.54) is 24.3 Å². The van der Waals surface area contributed by atoms with Crippen LogP contribution >= 0.6 is 0 Å². The fourth-order valence-corrected chi connectivity index (χ4v) is 1.25. The van der Waals surface area contributed by atoms with E-state index in [1.54, 1.807) is 6.07 Å². The number of hydrogen-bond donors (Lipinski definition) is 0. The molecule has 2 nitrogen and oxygen atoms in total. The van der Waals surface area contributed by atoms with Crippen LogP contribution in [-0.4, -0.2) is 8.42 Å². The summed E-state index contributed by atoms with van der Waals surface area (Å²) in [7, 11) is -5.12. The first kappa shape index (κ1) is 9.12. The Morgan fingerprint density at radius 2 is 1.67 bits per heavy atom. The summed E-state index contributed by atoms with van der Waals surface area (Å²) >= 11 is 0. The number of benzene rings is 1. The molecule has 0 saturated carbocycles. The van der Waals surface area contributed by atoms with Crippen LogP contribution in [0, 0.1) is 0 Å². The summed E-state index contributed by atoms with van der Waals surface area (Å²) in [6.45, 7) is 0. The molecule has 0 spiro atoms. The van der Waals surface area contributed by atoms with Crippen molar-refractivity contribution in [1.29, 1.82) is 0 Å². The van der Waals surface area contributed by atoms with Crippen molar-refractivity contribution in [3.8, 4) is 0 Å². The highest BCUT2D eigenvalue weighted by Gasteiger charge is 2.25. The molecule has 5 heteroatoms. The van der Waals surface area contributed by atoms with Crippen LogP contribution < -0.4 is 0 Å². The summed E-state index contributed by atoms with van der Waals surface area (Å²) in [5.41, 5.74) is -2.77. The van der Waals surface area contributed by atoms with Crippen molar-refractivity contribution < 1.29 is 16.7 Å². The van der Waals surface area contributed by atoms with E-state index in [1.807, 2.05) is 0 Å². The molecule has 0 heterocycles. The highest BCUT2D eigenvalue weighted by atomic mass is 32.3. The molecule has 0 fully saturated rings. The maximum atomic E-state index is 12.7. The molecule has 0 N–H and O–H groups in total. The highest BCUT2D eigenvalue weighted by molar-refractivity contribution is 7.86. The van der Waals surface area contributed by atoms with Gasteiger partial charge in [0, 0.05) is 5.56 Å². The van der Waals surface area contributed by atoms with E-state index in [9.17, 15) is 16.7 Å². The van der Waals surface area contributed by atoms with Gasteiger partial charge in [-0.25, -0.2) is 4.39 Å². The Bertz CT molecular complexity index is 347. The van der Waals surface area contributed by atoms with E-state index < -0.39 is 15.7 Å². The molecule has 0 aromatic heterocycles. The van der Waals surface area contributed by atoms with Crippen molar-refractivity contribution in [1.82, 2.24) is 0 Å². The van der Waals surface area contributed by atoms with Gasteiger partial charge in [0.05, 0.1) is 0 Å². The van der Waals surface area contributed by atoms with Gasteiger partial charge < -0.3 is 0 Å². The third-order valence-electron chi connectivity index (χ3n) is 1.31. The number of alkyl halides is 1. The Morgan fingerprint density at radius 1 is 1.17 bits per heavy atom. The lowest BCUT2D eigenvalue weighted by atomic mass is 10.2. The Hall–Kier alpha value is -0.970. The van der Waals surface area contributed by atoms with Gasteiger partial charge in [-0.3, -0.25) is 0 Å². The lowest BCUT2D eigenvalue weighted by Crippen LogP contribution is -2.01. The molecule has 1 rings (SSSR count). The maximum Gasteiger partial charge on any atom is 0.339 e. The van der Waals surface area contributed by atoms with Crippen LogP contribution in [0.4, 0.5) is 8.28 Å². The third kappa shape index (κ3) is 2.01. The summed E-state index contributed by atoms with van der Waals surface area (Å²) in [5, 5.41) is 0. The molecular formula is C7H6F2O2S. The van der Waals surface area contributed by atoms with Gasteiger partial charge >= 0.3 is 10.2 Å². The van der Waals surface area contributed by atoms with Crippen molar-refractivity contribution in [2.45, 2.75) is 5.50 Å². The third-order valence-corrected chi connectivity index (χ3v) is 2.08. The Labute approximate surface area is 69.0 Å². The molecule has 0 radical (unpaired) electrons. The Kier molecular flexibility index (Phi) is 2.42. The molecular weight excluding hydrogens is 186 g/mol. The lowest BCUT2D eigenvalue weighted by Gasteiger charge is -2.01. The predicted octanol–water partition coefficient (Wildman–Crippen LogP) is 1.95. The molecule has 1 aromatic rings. The fraction of sp³-hybridized carbons (Fsp3) is 0.143. The SMILES string of the molecule is O=S(=O)(F)C(F)c1ccccc1. The summed E-state index contributed by atoms with van der Waals surface area (Å²) < 4.78 is 44.9. The molecule has 1 aromatic carbocycles. The first-order valence-corrected chi connectivity index (χ1v) is 4.59. The van der Waals surface area contributed by atoms with Gasteiger partial charge in [-0.1, -0.05) is 30.3 Å². The normalized spacial score (nSPS) is 14.2. The van der Waals surface area contributed by atoms with Crippen molar-refractivity contribution in [2.75, 3.05) is 0 Å². The van der Waals surface area contributed by atoms with Crippen LogP contribution in [-0.2, 0) is 10.2 Å². The molecule has 0 saturated heterocycles. The first-order valence-electron chi connectivity index (χ1n) is 3.14. The average Bonchev–Trinajstić information content (AvgIpc) is 2.03. The summed E-state index contributed by atoms with van der Waals surface area (Å²) in [6, 6.07) is 6.88. The fourth-order valence-electron chi connectivity index (χ4n) is 0.767.